The monoisotopic (exact) mass is 268 g/mol. The van der Waals surface area contributed by atoms with Gasteiger partial charge < -0.3 is 19.7 Å². The number of carboxylic acids is 1. The molecule has 104 valence electrons. The van der Waals surface area contributed by atoms with Crippen molar-refractivity contribution < 1.29 is 23.9 Å². The maximum absolute atomic E-state index is 11.8. The van der Waals surface area contributed by atoms with Crippen LogP contribution in [0, 0.1) is 0 Å². The number of carbonyl (C=O) groups is 3. The fourth-order valence-corrected chi connectivity index (χ4v) is 1.22. The van der Waals surface area contributed by atoms with E-state index in [1.165, 1.54) is 33.2 Å². The van der Waals surface area contributed by atoms with Crippen molar-refractivity contribution in [3.63, 3.8) is 0 Å². The molecule has 0 aromatic carbocycles. The van der Waals surface area contributed by atoms with Crippen LogP contribution in [0.15, 0.2) is 22.8 Å². The highest BCUT2D eigenvalue weighted by Gasteiger charge is 2.35. The van der Waals surface area contributed by atoms with Gasteiger partial charge in [-0.3, -0.25) is 9.59 Å². The molecule has 0 unspecified atom stereocenters. The summed E-state index contributed by atoms with van der Waals surface area (Å²) in [5.74, 6) is -2.07. The molecule has 19 heavy (non-hydrogen) atoms. The van der Waals surface area contributed by atoms with Gasteiger partial charge in [-0.15, -0.1) is 0 Å². The molecule has 0 radical (unpaired) electrons. The third kappa shape index (κ3) is 3.34. The molecule has 7 heteroatoms. The van der Waals surface area contributed by atoms with E-state index in [1.54, 1.807) is 6.07 Å². The van der Waals surface area contributed by atoms with Crippen LogP contribution in [0.25, 0.3) is 0 Å². The molecule has 2 N–H and O–H groups in total. The van der Waals surface area contributed by atoms with E-state index in [1.807, 2.05) is 0 Å². The van der Waals surface area contributed by atoms with Crippen molar-refractivity contribution in [2.45, 2.75) is 19.4 Å². The number of amides is 2. The number of nitrogens with zero attached hydrogens (tertiary/aromatic N) is 1. The van der Waals surface area contributed by atoms with Crippen LogP contribution in [0.4, 0.5) is 0 Å². The molecule has 0 saturated carbocycles. The number of furan rings is 1. The van der Waals surface area contributed by atoms with Gasteiger partial charge >= 0.3 is 5.97 Å². The lowest BCUT2D eigenvalue weighted by Gasteiger charge is -2.31. The summed E-state index contributed by atoms with van der Waals surface area (Å²) in [4.78, 5) is 35.4. The fourth-order valence-electron chi connectivity index (χ4n) is 1.22. The third-order valence-corrected chi connectivity index (χ3v) is 2.88. The molecule has 7 nitrogen and oxygen atoms in total. The minimum atomic E-state index is -1.34. The predicted octanol–water partition coefficient (Wildman–Crippen LogP) is 0.331. The van der Waals surface area contributed by atoms with Crippen LogP contribution < -0.4 is 5.32 Å². The molecule has 1 rings (SSSR count). The van der Waals surface area contributed by atoms with Gasteiger partial charge in [0.1, 0.15) is 5.54 Å². The van der Waals surface area contributed by atoms with Gasteiger partial charge in [-0.05, 0) is 26.0 Å². The molecule has 0 fully saturated rings. The number of aliphatic carboxylic acids is 1. The van der Waals surface area contributed by atoms with Gasteiger partial charge in [-0.2, -0.15) is 0 Å². The highest BCUT2D eigenvalue weighted by molar-refractivity contribution is 5.95. The molecule has 0 saturated heterocycles. The van der Waals surface area contributed by atoms with E-state index >= 15 is 0 Å². The lowest BCUT2D eigenvalue weighted by molar-refractivity contribution is -0.154. The first kappa shape index (κ1) is 14.7. The summed E-state index contributed by atoms with van der Waals surface area (Å²) < 4.78 is 4.86. The Morgan fingerprint density at radius 1 is 1.42 bits per heavy atom. The first-order valence-corrected chi connectivity index (χ1v) is 5.58. The number of carbonyl (C=O) groups excluding carboxylic acids is 2. The summed E-state index contributed by atoms with van der Waals surface area (Å²) in [6.45, 7) is 2.51. The molecule has 1 aromatic rings. The molecule has 1 aromatic heterocycles. The Kier molecular flexibility index (Phi) is 4.31. The van der Waals surface area contributed by atoms with Crippen LogP contribution in [-0.4, -0.2) is 46.9 Å². The Balaban J connectivity index is 2.57. The first-order valence-electron chi connectivity index (χ1n) is 5.58. The summed E-state index contributed by atoms with van der Waals surface area (Å²) in [6.07, 6.45) is 1.34. The van der Waals surface area contributed by atoms with E-state index in [2.05, 4.69) is 5.32 Å². The lowest BCUT2D eigenvalue weighted by atomic mass is 10.0. The average molecular weight is 268 g/mol. The quantitative estimate of drug-likeness (QED) is 0.801. The van der Waals surface area contributed by atoms with Gasteiger partial charge in [0.05, 0.1) is 12.8 Å². The normalized spacial score (nSPS) is 10.9. The standard InChI is InChI=1S/C12H16N2O5/c1-12(2,11(17)18)14(3)9(15)7-13-10(16)8-5-4-6-19-8/h4-6H,7H2,1-3H3,(H,13,16)(H,17,18). The maximum Gasteiger partial charge on any atom is 0.329 e. The van der Waals surface area contributed by atoms with Crippen LogP contribution >= 0.6 is 0 Å². The molecular weight excluding hydrogens is 252 g/mol. The van der Waals surface area contributed by atoms with E-state index in [9.17, 15) is 14.4 Å². The van der Waals surface area contributed by atoms with Crippen LogP contribution in [0.2, 0.25) is 0 Å². The van der Waals surface area contributed by atoms with Gasteiger partial charge in [-0.1, -0.05) is 0 Å². The second-order valence-electron chi connectivity index (χ2n) is 4.48. The molecule has 0 bridgehead atoms. The fraction of sp³-hybridized carbons (Fsp3) is 0.417. The van der Waals surface area contributed by atoms with E-state index in [0.29, 0.717) is 0 Å². The minimum Gasteiger partial charge on any atom is -0.480 e. The predicted molar refractivity (Wildman–Crippen MR) is 65.5 cm³/mol. The topological polar surface area (TPSA) is 99.9 Å². The smallest absolute Gasteiger partial charge is 0.329 e. The van der Waals surface area contributed by atoms with Crippen LogP contribution in [-0.2, 0) is 9.59 Å². The molecule has 0 aliphatic rings. The molecular formula is C12H16N2O5. The zero-order chi connectivity index (χ0) is 14.6. The van der Waals surface area contributed by atoms with Crippen molar-refractivity contribution in [2.24, 2.45) is 0 Å². The summed E-state index contributed by atoms with van der Waals surface area (Å²) >= 11 is 0. The Hall–Kier alpha value is -2.31. The second-order valence-corrected chi connectivity index (χ2v) is 4.48. The molecule has 1 heterocycles. The number of rotatable bonds is 5. The molecule has 2 amide bonds. The van der Waals surface area contributed by atoms with Crippen molar-refractivity contribution in [1.29, 1.82) is 0 Å². The number of likely N-dealkylation sites (N-methyl/N-ethyl adjacent to an activating group) is 1. The van der Waals surface area contributed by atoms with Crippen LogP contribution in [0.1, 0.15) is 24.4 Å². The van der Waals surface area contributed by atoms with Gasteiger partial charge in [0.15, 0.2) is 5.76 Å². The Morgan fingerprint density at radius 2 is 2.05 bits per heavy atom. The van der Waals surface area contributed by atoms with E-state index < -0.39 is 23.3 Å². The number of hydrogen-bond acceptors (Lipinski definition) is 4. The van der Waals surface area contributed by atoms with E-state index in [4.69, 9.17) is 9.52 Å². The number of hydrogen-bond donors (Lipinski definition) is 2. The van der Waals surface area contributed by atoms with Crippen molar-refractivity contribution in [2.75, 3.05) is 13.6 Å². The number of carboxylic acid groups (broad SMARTS) is 1. The summed E-state index contributed by atoms with van der Waals surface area (Å²) in [6, 6.07) is 3.01. The Bertz CT molecular complexity index is 478. The maximum atomic E-state index is 11.8. The minimum absolute atomic E-state index is 0.0907. The highest BCUT2D eigenvalue weighted by atomic mass is 16.4. The van der Waals surface area contributed by atoms with Crippen LogP contribution in [0.3, 0.4) is 0 Å². The van der Waals surface area contributed by atoms with Crippen molar-refractivity contribution in [1.82, 2.24) is 10.2 Å². The molecule has 0 spiro atoms. The van der Waals surface area contributed by atoms with Gasteiger partial charge in [-0.25, -0.2) is 4.79 Å². The summed E-state index contributed by atoms with van der Waals surface area (Å²) in [5, 5.41) is 11.4. The van der Waals surface area contributed by atoms with Gasteiger partial charge in [0, 0.05) is 7.05 Å². The molecule has 0 aliphatic heterocycles. The van der Waals surface area contributed by atoms with Crippen LogP contribution in [0.5, 0.6) is 0 Å². The second kappa shape index (κ2) is 5.55. The molecule has 0 atom stereocenters. The number of nitrogens with one attached hydrogen (secondary N) is 1. The Morgan fingerprint density at radius 3 is 2.53 bits per heavy atom. The van der Waals surface area contributed by atoms with Crippen molar-refractivity contribution in [3.05, 3.63) is 24.2 Å². The van der Waals surface area contributed by atoms with Crippen molar-refractivity contribution >= 4 is 17.8 Å². The van der Waals surface area contributed by atoms with E-state index in [-0.39, 0.29) is 12.3 Å². The summed E-state index contributed by atoms with van der Waals surface area (Å²) in [7, 11) is 1.37. The first-order chi connectivity index (χ1) is 8.76. The SMILES string of the molecule is CN(C(=O)CNC(=O)c1ccco1)C(C)(C)C(=O)O. The van der Waals surface area contributed by atoms with Gasteiger partial charge in [0.25, 0.3) is 5.91 Å². The molecule has 0 aliphatic carbocycles. The zero-order valence-corrected chi connectivity index (χ0v) is 11.0. The third-order valence-electron chi connectivity index (χ3n) is 2.88. The van der Waals surface area contributed by atoms with Gasteiger partial charge in [0.2, 0.25) is 5.91 Å². The van der Waals surface area contributed by atoms with Crippen molar-refractivity contribution in [3.8, 4) is 0 Å². The largest absolute Gasteiger partial charge is 0.480 e. The average Bonchev–Trinajstić information content (AvgIpc) is 2.88. The highest BCUT2D eigenvalue weighted by Crippen LogP contribution is 2.12. The zero-order valence-electron chi connectivity index (χ0n) is 11.0. The Labute approximate surface area is 110 Å². The van der Waals surface area contributed by atoms with E-state index in [0.717, 1.165) is 4.90 Å². The lowest BCUT2D eigenvalue weighted by Crippen LogP contribution is -2.53. The summed E-state index contributed by atoms with van der Waals surface area (Å²) in [5.41, 5.74) is -1.34.